The molecular weight excluding hydrogens is 468 g/mol. The van der Waals surface area contributed by atoms with Gasteiger partial charge in [-0.05, 0) is 52.2 Å². The molecule has 2 aromatic rings. The van der Waals surface area contributed by atoms with Crippen molar-refractivity contribution in [3.05, 3.63) is 74.6 Å². The lowest BCUT2D eigenvalue weighted by Gasteiger charge is -2.18. The van der Waals surface area contributed by atoms with Crippen molar-refractivity contribution in [2.75, 3.05) is 13.2 Å². The SMILES string of the molecule is C=CCOc1c(OCC=C(C)CCC=C(C)C)c2ccc([N+](=O)[O-])cc2n(CCCCCCCC)c1=O. The molecule has 0 N–H and O–H groups in total. The summed E-state index contributed by atoms with van der Waals surface area (Å²) in [6, 6.07) is 4.54. The Hall–Kier alpha value is -3.35. The molecule has 0 aliphatic heterocycles. The fourth-order valence-electron chi connectivity index (χ4n) is 4.14. The van der Waals surface area contributed by atoms with Crippen molar-refractivity contribution in [3.63, 3.8) is 0 Å². The van der Waals surface area contributed by atoms with Crippen molar-refractivity contribution in [1.82, 2.24) is 4.57 Å². The Morgan fingerprint density at radius 1 is 1.03 bits per heavy atom. The molecule has 2 rings (SSSR count). The second-order valence-electron chi connectivity index (χ2n) is 9.62. The molecule has 0 radical (unpaired) electrons. The van der Waals surface area contributed by atoms with Gasteiger partial charge in [0.2, 0.25) is 5.75 Å². The van der Waals surface area contributed by atoms with Crippen LogP contribution in [0.5, 0.6) is 11.5 Å². The molecule has 0 bridgehead atoms. The quantitative estimate of drug-likeness (QED) is 0.0934. The van der Waals surface area contributed by atoms with Gasteiger partial charge in [-0.2, -0.15) is 0 Å². The van der Waals surface area contributed by atoms with Crippen molar-refractivity contribution in [1.29, 1.82) is 0 Å². The van der Waals surface area contributed by atoms with Gasteiger partial charge in [-0.15, -0.1) is 0 Å². The third-order valence-corrected chi connectivity index (χ3v) is 6.20. The summed E-state index contributed by atoms with van der Waals surface area (Å²) in [4.78, 5) is 24.7. The summed E-state index contributed by atoms with van der Waals surface area (Å²) in [5.41, 5.74) is 2.54. The average Bonchev–Trinajstić information content (AvgIpc) is 2.86. The van der Waals surface area contributed by atoms with Gasteiger partial charge in [-0.1, -0.05) is 68.9 Å². The van der Waals surface area contributed by atoms with Crippen molar-refractivity contribution in [2.24, 2.45) is 0 Å². The number of rotatable bonds is 17. The number of nitro groups is 1. The highest BCUT2D eigenvalue weighted by molar-refractivity contribution is 5.89. The molecule has 0 spiro atoms. The summed E-state index contributed by atoms with van der Waals surface area (Å²) in [5, 5.41) is 12.1. The Balaban J connectivity index is 2.44. The van der Waals surface area contributed by atoms with E-state index in [9.17, 15) is 14.9 Å². The standard InChI is InChI=1S/C30H42N2O5/c1-6-8-9-10-11-12-19-31-27-22-25(32(34)35)16-17-26(27)28(29(30(31)33)36-20-7-2)37-21-18-24(5)15-13-14-23(3)4/h7,14,16-18,22H,2,6,8-13,15,19-21H2,1,3-5H3. The van der Waals surface area contributed by atoms with E-state index in [0.29, 0.717) is 23.2 Å². The van der Waals surface area contributed by atoms with Gasteiger partial charge in [0.15, 0.2) is 5.75 Å². The van der Waals surface area contributed by atoms with Crippen molar-refractivity contribution in [2.45, 2.75) is 85.6 Å². The third kappa shape index (κ3) is 9.23. The van der Waals surface area contributed by atoms with Crippen LogP contribution < -0.4 is 15.0 Å². The summed E-state index contributed by atoms with van der Waals surface area (Å²) in [5.74, 6) is 0.423. The maximum Gasteiger partial charge on any atom is 0.297 e. The fraction of sp³-hybridized carbons (Fsp3) is 0.500. The lowest BCUT2D eigenvalue weighted by Crippen LogP contribution is -2.24. The molecule has 0 saturated carbocycles. The number of benzene rings is 1. The first-order valence-electron chi connectivity index (χ1n) is 13.3. The van der Waals surface area contributed by atoms with E-state index in [4.69, 9.17) is 9.47 Å². The molecule has 37 heavy (non-hydrogen) atoms. The van der Waals surface area contributed by atoms with Crippen LogP contribution in [0.1, 0.15) is 79.1 Å². The zero-order chi connectivity index (χ0) is 27.2. The van der Waals surface area contributed by atoms with Crippen LogP contribution in [-0.4, -0.2) is 22.7 Å². The van der Waals surface area contributed by atoms with E-state index in [1.165, 1.54) is 42.5 Å². The number of nitro benzene ring substituents is 1. The molecule has 1 aromatic carbocycles. The molecule has 7 heteroatoms. The second kappa shape index (κ2) is 15.7. The molecule has 0 amide bonds. The summed E-state index contributed by atoms with van der Waals surface area (Å²) in [7, 11) is 0. The maximum atomic E-state index is 13.6. The smallest absolute Gasteiger partial charge is 0.297 e. The van der Waals surface area contributed by atoms with Crippen molar-refractivity contribution >= 4 is 16.6 Å². The zero-order valence-corrected chi connectivity index (χ0v) is 22.9. The first-order valence-corrected chi connectivity index (χ1v) is 13.3. The maximum absolute atomic E-state index is 13.6. The predicted octanol–water partition coefficient (Wildman–Crippen LogP) is 7.91. The molecule has 1 heterocycles. The van der Waals surface area contributed by atoms with Gasteiger partial charge < -0.3 is 14.0 Å². The van der Waals surface area contributed by atoms with Crippen LogP contribution in [-0.2, 0) is 6.54 Å². The number of hydrogen-bond donors (Lipinski definition) is 0. The van der Waals surface area contributed by atoms with Gasteiger partial charge in [0.25, 0.3) is 11.2 Å². The van der Waals surface area contributed by atoms with Gasteiger partial charge >= 0.3 is 0 Å². The Morgan fingerprint density at radius 2 is 1.73 bits per heavy atom. The number of non-ortho nitro benzene ring substituents is 1. The highest BCUT2D eigenvalue weighted by atomic mass is 16.6. The number of hydrogen-bond acceptors (Lipinski definition) is 5. The monoisotopic (exact) mass is 510 g/mol. The number of fused-ring (bicyclic) bond motifs is 1. The molecule has 0 saturated heterocycles. The number of aryl methyl sites for hydroxylation is 1. The van der Waals surface area contributed by atoms with Crippen LogP contribution in [0.25, 0.3) is 10.9 Å². The molecule has 1 aromatic heterocycles. The number of unbranched alkanes of at least 4 members (excludes halogenated alkanes) is 5. The Bertz CT molecular complexity index is 1170. The summed E-state index contributed by atoms with van der Waals surface area (Å²) in [6.45, 7) is 13.0. The number of ether oxygens (including phenoxy) is 2. The lowest BCUT2D eigenvalue weighted by atomic mass is 10.1. The normalized spacial score (nSPS) is 11.4. The highest BCUT2D eigenvalue weighted by Crippen LogP contribution is 2.35. The van der Waals surface area contributed by atoms with Crippen LogP contribution in [0.3, 0.4) is 0 Å². The fourth-order valence-corrected chi connectivity index (χ4v) is 4.14. The first-order chi connectivity index (χ1) is 17.8. The third-order valence-electron chi connectivity index (χ3n) is 6.20. The molecule has 7 nitrogen and oxygen atoms in total. The van der Waals surface area contributed by atoms with Crippen LogP contribution in [0.4, 0.5) is 5.69 Å². The zero-order valence-electron chi connectivity index (χ0n) is 22.9. The average molecular weight is 511 g/mol. The molecule has 0 aliphatic carbocycles. The molecule has 202 valence electrons. The van der Waals surface area contributed by atoms with Crippen LogP contribution in [0, 0.1) is 10.1 Å². The van der Waals surface area contributed by atoms with E-state index in [2.05, 4.69) is 40.3 Å². The van der Waals surface area contributed by atoms with Gasteiger partial charge in [0, 0.05) is 24.1 Å². The number of allylic oxidation sites excluding steroid dienone is 3. The molecular formula is C30H42N2O5. The van der Waals surface area contributed by atoms with E-state index in [1.807, 2.05) is 6.08 Å². The van der Waals surface area contributed by atoms with Gasteiger partial charge in [-0.25, -0.2) is 0 Å². The Kier molecular flexibility index (Phi) is 12.7. The van der Waals surface area contributed by atoms with E-state index < -0.39 is 4.92 Å². The van der Waals surface area contributed by atoms with Crippen LogP contribution in [0.2, 0.25) is 0 Å². The van der Waals surface area contributed by atoms with Crippen molar-refractivity contribution < 1.29 is 14.4 Å². The molecule has 0 unspecified atom stereocenters. The first kappa shape index (κ1) is 29.9. The van der Waals surface area contributed by atoms with Crippen molar-refractivity contribution in [3.8, 4) is 11.5 Å². The van der Waals surface area contributed by atoms with E-state index in [0.717, 1.165) is 32.1 Å². The summed E-state index contributed by atoms with van der Waals surface area (Å²) < 4.78 is 13.5. The number of nitrogens with zero attached hydrogens (tertiary/aromatic N) is 2. The molecule has 0 fully saturated rings. The van der Waals surface area contributed by atoms with E-state index >= 15 is 0 Å². The predicted molar refractivity (Wildman–Crippen MR) is 152 cm³/mol. The number of aromatic nitrogens is 1. The van der Waals surface area contributed by atoms with Crippen LogP contribution in [0.15, 0.2) is 58.9 Å². The largest absolute Gasteiger partial charge is 0.485 e. The van der Waals surface area contributed by atoms with E-state index in [-0.39, 0.29) is 30.2 Å². The van der Waals surface area contributed by atoms with Gasteiger partial charge in [0.1, 0.15) is 13.2 Å². The summed E-state index contributed by atoms with van der Waals surface area (Å²) in [6.07, 6.45) is 14.1. The Morgan fingerprint density at radius 3 is 2.41 bits per heavy atom. The minimum atomic E-state index is -0.444. The topological polar surface area (TPSA) is 83.6 Å². The Labute approximate surface area is 220 Å². The minimum Gasteiger partial charge on any atom is -0.485 e. The highest BCUT2D eigenvalue weighted by Gasteiger charge is 2.21. The van der Waals surface area contributed by atoms with E-state index in [1.54, 1.807) is 16.7 Å². The second-order valence-corrected chi connectivity index (χ2v) is 9.62. The number of pyridine rings is 1. The van der Waals surface area contributed by atoms with Gasteiger partial charge in [-0.3, -0.25) is 14.9 Å². The lowest BCUT2D eigenvalue weighted by molar-refractivity contribution is -0.384. The van der Waals surface area contributed by atoms with Gasteiger partial charge in [0.05, 0.1) is 10.4 Å². The molecule has 0 atom stereocenters. The van der Waals surface area contributed by atoms with Crippen LogP contribution >= 0.6 is 0 Å². The summed E-state index contributed by atoms with van der Waals surface area (Å²) >= 11 is 0. The minimum absolute atomic E-state index is 0.0654. The molecule has 0 aliphatic rings.